The van der Waals surface area contributed by atoms with Gasteiger partial charge in [0.25, 0.3) is 5.24 Å². The molecule has 3 amide bonds. The number of halogens is 3. The summed E-state index contributed by atoms with van der Waals surface area (Å²) in [5.41, 5.74) is 3.13. The van der Waals surface area contributed by atoms with Crippen LogP contribution >= 0.6 is 12.6 Å². The third-order valence-electron chi connectivity index (χ3n) is 3.00. The van der Waals surface area contributed by atoms with E-state index < -0.39 is 17.3 Å². The van der Waals surface area contributed by atoms with Crippen LogP contribution in [0.2, 0.25) is 0 Å². The fourth-order valence-corrected chi connectivity index (χ4v) is 2.13. The molecule has 0 bridgehead atoms. The van der Waals surface area contributed by atoms with Gasteiger partial charge in [-0.1, -0.05) is 24.8 Å². The predicted molar refractivity (Wildman–Crippen MR) is 78.3 cm³/mol. The quantitative estimate of drug-likeness (QED) is 0.807. The van der Waals surface area contributed by atoms with Gasteiger partial charge in [-0.05, 0) is 17.7 Å². The lowest BCUT2D eigenvalue weighted by Gasteiger charge is -2.20. The maximum Gasteiger partial charge on any atom is 0.472 e. The Morgan fingerprint density at radius 2 is 1.78 bits per heavy atom. The van der Waals surface area contributed by atoms with Crippen molar-refractivity contribution in [1.29, 1.82) is 0 Å². The molecule has 0 saturated heterocycles. The van der Waals surface area contributed by atoms with Crippen LogP contribution < -0.4 is 10.3 Å². The van der Waals surface area contributed by atoms with Crippen molar-refractivity contribution in [1.82, 2.24) is 5.43 Å². The molecule has 0 aromatic heterocycles. The van der Waals surface area contributed by atoms with Gasteiger partial charge in [0.15, 0.2) is 0 Å². The van der Waals surface area contributed by atoms with Crippen LogP contribution in [0.25, 0.3) is 0 Å². The molecule has 0 atom stereocenters. The number of benzene rings is 1. The molecule has 0 fully saturated rings. The first-order chi connectivity index (χ1) is 10.7. The minimum absolute atomic E-state index is 0.0721. The second-order valence-electron chi connectivity index (χ2n) is 4.56. The highest BCUT2D eigenvalue weighted by Gasteiger charge is 2.45. The summed E-state index contributed by atoms with van der Waals surface area (Å²) in [4.78, 5) is 33.5. The van der Waals surface area contributed by atoms with E-state index in [2.05, 4.69) is 23.2 Å². The Kier molecular flexibility index (Phi) is 4.73. The molecular weight excluding hydrogens is 335 g/mol. The van der Waals surface area contributed by atoms with E-state index in [-0.39, 0.29) is 22.9 Å². The topological polar surface area (TPSA) is 78.8 Å². The van der Waals surface area contributed by atoms with Crippen molar-refractivity contribution in [3.05, 3.63) is 29.8 Å². The number of hydrogen-bond donors (Lipinski definition) is 2. The van der Waals surface area contributed by atoms with Crippen LogP contribution in [0.4, 0.5) is 23.7 Å². The van der Waals surface area contributed by atoms with Gasteiger partial charge in [0, 0.05) is 12.8 Å². The summed E-state index contributed by atoms with van der Waals surface area (Å²) in [5, 5.41) is 2.49. The van der Waals surface area contributed by atoms with Crippen molar-refractivity contribution < 1.29 is 27.6 Å². The van der Waals surface area contributed by atoms with E-state index in [9.17, 15) is 27.6 Å². The van der Waals surface area contributed by atoms with Crippen LogP contribution in [0.1, 0.15) is 18.4 Å². The molecule has 0 aliphatic carbocycles. The number of hydrogen-bond acceptors (Lipinski definition) is 4. The first-order valence-corrected chi connectivity index (χ1v) is 6.75. The number of anilines is 1. The number of amides is 3. The number of carbonyl (C=O) groups excluding carboxylic acids is 3. The van der Waals surface area contributed by atoms with E-state index in [0.29, 0.717) is 17.7 Å². The molecule has 0 radical (unpaired) electrons. The molecule has 6 nitrogen and oxygen atoms in total. The number of nitrogens with one attached hydrogen (secondary N) is 1. The fourth-order valence-electron chi connectivity index (χ4n) is 1.93. The standard InChI is InChI=1S/C13H10F3N3O3S/c14-13(15,16)11(21)19(12(22)23)8-3-1-7(2-4-8)9-5-6-10(20)18-17-9/h1-4H,5-6H2,(H,18,20)(H,22,23). The highest BCUT2D eigenvalue weighted by atomic mass is 32.1. The van der Waals surface area contributed by atoms with Crippen LogP contribution in [0, 0.1) is 0 Å². The van der Waals surface area contributed by atoms with E-state index in [4.69, 9.17) is 0 Å². The largest absolute Gasteiger partial charge is 0.472 e. The Labute approximate surface area is 133 Å². The Morgan fingerprint density at radius 3 is 2.22 bits per heavy atom. The summed E-state index contributed by atoms with van der Waals surface area (Å²) in [7, 11) is 0. The normalized spacial score (nSPS) is 14.8. The van der Waals surface area contributed by atoms with Crippen LogP contribution in [-0.2, 0) is 9.59 Å². The Morgan fingerprint density at radius 1 is 1.17 bits per heavy atom. The molecule has 1 aliphatic rings. The molecule has 23 heavy (non-hydrogen) atoms. The van der Waals surface area contributed by atoms with Crippen molar-refractivity contribution in [2.45, 2.75) is 19.0 Å². The Balaban J connectivity index is 2.28. The lowest BCUT2D eigenvalue weighted by atomic mass is 10.0. The highest BCUT2D eigenvalue weighted by Crippen LogP contribution is 2.25. The van der Waals surface area contributed by atoms with Gasteiger partial charge in [-0.15, -0.1) is 0 Å². The van der Waals surface area contributed by atoms with Gasteiger partial charge in [-0.2, -0.15) is 18.3 Å². The van der Waals surface area contributed by atoms with Gasteiger partial charge < -0.3 is 0 Å². The van der Waals surface area contributed by atoms with Gasteiger partial charge in [0.05, 0.1) is 11.4 Å². The summed E-state index contributed by atoms with van der Waals surface area (Å²) in [6, 6.07) is 5.15. The van der Waals surface area contributed by atoms with Crippen LogP contribution in [0.5, 0.6) is 0 Å². The van der Waals surface area contributed by atoms with Crippen molar-refractivity contribution >= 4 is 41.1 Å². The lowest BCUT2D eigenvalue weighted by Crippen LogP contribution is -2.42. The second-order valence-corrected chi connectivity index (χ2v) is 4.94. The zero-order valence-corrected chi connectivity index (χ0v) is 12.3. The lowest BCUT2D eigenvalue weighted by molar-refractivity contribution is -0.169. The minimum Gasteiger partial charge on any atom is -0.273 e. The number of nitrogens with zero attached hydrogens (tertiary/aromatic N) is 2. The van der Waals surface area contributed by atoms with Gasteiger partial charge in [0.1, 0.15) is 0 Å². The van der Waals surface area contributed by atoms with Crippen molar-refractivity contribution in [3.63, 3.8) is 0 Å². The fraction of sp³-hybridized carbons (Fsp3) is 0.231. The molecule has 0 saturated carbocycles. The summed E-state index contributed by atoms with van der Waals surface area (Å²) >= 11 is 3.31. The van der Waals surface area contributed by atoms with E-state index >= 15 is 0 Å². The van der Waals surface area contributed by atoms with E-state index in [1.807, 2.05) is 0 Å². The number of imide groups is 1. The van der Waals surface area contributed by atoms with Crippen molar-refractivity contribution in [2.24, 2.45) is 5.10 Å². The van der Waals surface area contributed by atoms with Crippen LogP contribution in [-0.4, -0.2) is 28.9 Å². The van der Waals surface area contributed by atoms with Gasteiger partial charge >= 0.3 is 12.1 Å². The SMILES string of the molecule is O=C1CCC(c2ccc(N(C(=O)S)C(=O)C(F)(F)F)cc2)=NN1. The molecule has 1 aromatic rings. The van der Waals surface area contributed by atoms with E-state index in [1.54, 1.807) is 0 Å². The molecular formula is C13H10F3N3O3S. The van der Waals surface area contributed by atoms with E-state index in [1.165, 1.54) is 24.3 Å². The van der Waals surface area contributed by atoms with Gasteiger partial charge in [0.2, 0.25) is 5.91 Å². The first kappa shape index (κ1) is 17.0. The van der Waals surface area contributed by atoms with Crippen molar-refractivity contribution in [3.8, 4) is 0 Å². The summed E-state index contributed by atoms with van der Waals surface area (Å²) in [6.07, 6.45) is -4.58. The summed E-state index contributed by atoms with van der Waals surface area (Å²) in [5.74, 6) is -2.56. The molecule has 10 heteroatoms. The molecule has 1 aliphatic heterocycles. The van der Waals surface area contributed by atoms with Gasteiger partial charge in [-0.25, -0.2) is 10.3 Å². The van der Waals surface area contributed by atoms with Gasteiger partial charge in [-0.3, -0.25) is 14.4 Å². The number of carbonyl (C=O) groups is 3. The maximum atomic E-state index is 12.5. The molecule has 0 spiro atoms. The Bertz CT molecular complexity index is 686. The summed E-state index contributed by atoms with van der Waals surface area (Å²) in [6.45, 7) is 0. The zero-order chi connectivity index (χ0) is 17.2. The smallest absolute Gasteiger partial charge is 0.273 e. The highest BCUT2D eigenvalue weighted by molar-refractivity contribution is 7.97. The molecule has 1 aromatic carbocycles. The molecule has 1 heterocycles. The molecule has 0 unspecified atom stereocenters. The average Bonchev–Trinajstić information content (AvgIpc) is 2.48. The monoisotopic (exact) mass is 345 g/mol. The molecule has 1 N–H and O–H groups in total. The number of thiol groups is 1. The molecule has 122 valence electrons. The van der Waals surface area contributed by atoms with Crippen LogP contribution in [0.3, 0.4) is 0 Å². The average molecular weight is 345 g/mol. The minimum atomic E-state index is -5.20. The third kappa shape index (κ3) is 3.89. The van der Waals surface area contributed by atoms with E-state index in [0.717, 1.165) is 0 Å². The summed E-state index contributed by atoms with van der Waals surface area (Å²) < 4.78 is 37.5. The molecule has 2 rings (SSSR count). The predicted octanol–water partition coefficient (Wildman–Crippen LogP) is 2.25. The third-order valence-corrected chi connectivity index (χ3v) is 3.20. The maximum absolute atomic E-state index is 12.5. The first-order valence-electron chi connectivity index (χ1n) is 6.30. The second kappa shape index (κ2) is 6.41. The van der Waals surface area contributed by atoms with Crippen molar-refractivity contribution in [2.75, 3.05) is 4.90 Å². The Hall–Kier alpha value is -2.36. The van der Waals surface area contributed by atoms with Crippen LogP contribution in [0.15, 0.2) is 29.4 Å². The zero-order valence-electron chi connectivity index (χ0n) is 11.4. The number of hydrazone groups is 1. The number of rotatable bonds is 2. The number of alkyl halides is 3.